The molecule has 0 aliphatic carbocycles. The summed E-state index contributed by atoms with van der Waals surface area (Å²) in [7, 11) is 3.45. The number of halogens is 1. The number of nitrogens with zero attached hydrogens (tertiary/aromatic N) is 2. The zero-order valence-corrected chi connectivity index (χ0v) is 17.7. The maximum Gasteiger partial charge on any atom is 0.191 e. The van der Waals surface area contributed by atoms with Gasteiger partial charge in [0.2, 0.25) is 0 Å². The molecule has 1 fully saturated rings. The summed E-state index contributed by atoms with van der Waals surface area (Å²) < 4.78 is 11.0. The van der Waals surface area contributed by atoms with Crippen LogP contribution in [-0.2, 0) is 11.3 Å². The molecule has 6 nitrogen and oxygen atoms in total. The number of likely N-dealkylation sites (tertiary alicyclic amines) is 1. The molecule has 1 aliphatic heterocycles. The first-order valence-electron chi connectivity index (χ1n) is 9.65. The van der Waals surface area contributed by atoms with Gasteiger partial charge in [-0.05, 0) is 38.8 Å². The Morgan fingerprint density at radius 3 is 2.70 bits per heavy atom. The van der Waals surface area contributed by atoms with E-state index in [1.165, 1.54) is 0 Å². The molecule has 0 amide bonds. The maximum atomic E-state index is 6.02. The quantitative estimate of drug-likeness (QED) is 0.522. The molecule has 1 heterocycles. The van der Waals surface area contributed by atoms with Crippen molar-refractivity contribution >= 4 is 17.6 Å². The Balaban J connectivity index is 1.75. The molecule has 1 aromatic rings. The normalized spacial score (nSPS) is 16.6. The first-order chi connectivity index (χ1) is 13.0. The summed E-state index contributed by atoms with van der Waals surface area (Å²) in [6, 6.07) is 6.11. The van der Waals surface area contributed by atoms with Crippen molar-refractivity contribution in [1.29, 1.82) is 0 Å². The molecule has 7 heteroatoms. The summed E-state index contributed by atoms with van der Waals surface area (Å²) in [5, 5.41) is 7.57. The topological polar surface area (TPSA) is 58.1 Å². The van der Waals surface area contributed by atoms with Gasteiger partial charge in [-0.15, -0.1) is 0 Å². The van der Waals surface area contributed by atoms with Crippen LogP contribution in [0.5, 0.6) is 5.75 Å². The minimum absolute atomic E-state index is 0.304. The van der Waals surface area contributed by atoms with Crippen molar-refractivity contribution in [2.24, 2.45) is 4.99 Å². The molecular weight excluding hydrogens is 364 g/mol. The second-order valence-corrected chi connectivity index (χ2v) is 7.50. The van der Waals surface area contributed by atoms with Gasteiger partial charge in [0.15, 0.2) is 5.96 Å². The predicted molar refractivity (Wildman–Crippen MR) is 112 cm³/mol. The molecule has 27 heavy (non-hydrogen) atoms. The highest BCUT2D eigenvalue weighted by molar-refractivity contribution is 6.30. The van der Waals surface area contributed by atoms with Crippen LogP contribution in [0.15, 0.2) is 23.2 Å². The van der Waals surface area contributed by atoms with Crippen molar-refractivity contribution in [2.45, 2.75) is 45.4 Å². The van der Waals surface area contributed by atoms with Gasteiger partial charge in [-0.3, -0.25) is 4.99 Å². The van der Waals surface area contributed by atoms with Crippen LogP contribution in [0.1, 0.15) is 32.3 Å². The van der Waals surface area contributed by atoms with Crippen molar-refractivity contribution in [1.82, 2.24) is 15.5 Å². The van der Waals surface area contributed by atoms with Crippen LogP contribution in [0.25, 0.3) is 0 Å². The largest absolute Gasteiger partial charge is 0.496 e. The fraction of sp³-hybridized carbons (Fsp3) is 0.650. The predicted octanol–water partition coefficient (Wildman–Crippen LogP) is 2.90. The first kappa shape index (κ1) is 21.8. The van der Waals surface area contributed by atoms with Crippen LogP contribution in [0, 0.1) is 0 Å². The van der Waals surface area contributed by atoms with E-state index in [1.54, 1.807) is 14.2 Å². The summed E-state index contributed by atoms with van der Waals surface area (Å²) in [6.07, 6.45) is 2.51. The van der Waals surface area contributed by atoms with E-state index in [0.717, 1.165) is 56.4 Å². The number of hydrogen-bond donors (Lipinski definition) is 2. The van der Waals surface area contributed by atoms with Gasteiger partial charge in [-0.2, -0.15) is 0 Å². The van der Waals surface area contributed by atoms with Gasteiger partial charge in [-0.1, -0.05) is 17.7 Å². The van der Waals surface area contributed by atoms with E-state index in [2.05, 4.69) is 34.4 Å². The van der Waals surface area contributed by atoms with Gasteiger partial charge in [0.1, 0.15) is 5.75 Å². The maximum absolute atomic E-state index is 6.02. The molecule has 0 aromatic heterocycles. The number of rotatable bonds is 8. The Kier molecular flexibility index (Phi) is 9.18. The van der Waals surface area contributed by atoms with E-state index in [0.29, 0.717) is 23.7 Å². The van der Waals surface area contributed by atoms with Gasteiger partial charge in [0, 0.05) is 49.9 Å². The molecule has 0 atom stereocenters. The molecule has 1 aromatic carbocycles. The third-order valence-electron chi connectivity index (χ3n) is 4.71. The van der Waals surface area contributed by atoms with Crippen LogP contribution >= 0.6 is 11.6 Å². The molecule has 0 radical (unpaired) electrons. The smallest absolute Gasteiger partial charge is 0.191 e. The summed E-state index contributed by atoms with van der Waals surface area (Å²) >= 11 is 6.02. The lowest BCUT2D eigenvalue weighted by atomic mass is 10.1. The second kappa shape index (κ2) is 11.4. The van der Waals surface area contributed by atoms with E-state index in [9.17, 15) is 0 Å². The SMILES string of the molecule is CN=C(NCc1ccc(Cl)cc1OC)NC1CCN(CCOC(C)C)CC1. The Morgan fingerprint density at radius 1 is 1.33 bits per heavy atom. The Labute approximate surface area is 168 Å². The fourth-order valence-electron chi connectivity index (χ4n) is 3.15. The average molecular weight is 397 g/mol. The lowest BCUT2D eigenvalue weighted by Gasteiger charge is -2.33. The Morgan fingerprint density at radius 2 is 2.07 bits per heavy atom. The molecule has 0 unspecified atom stereocenters. The van der Waals surface area contributed by atoms with E-state index < -0.39 is 0 Å². The zero-order valence-electron chi connectivity index (χ0n) is 16.9. The number of nitrogens with one attached hydrogen (secondary N) is 2. The molecule has 0 bridgehead atoms. The lowest BCUT2D eigenvalue weighted by Crippen LogP contribution is -2.49. The van der Waals surface area contributed by atoms with Gasteiger partial charge < -0.3 is 25.0 Å². The standard InChI is InChI=1S/C20H33ClN4O2/c1-15(2)27-12-11-25-9-7-18(8-10-25)24-20(22-3)23-14-16-5-6-17(21)13-19(16)26-4/h5-6,13,15,18H,7-12,14H2,1-4H3,(H2,22,23,24). The molecule has 2 rings (SSSR count). The van der Waals surface area contributed by atoms with Gasteiger partial charge in [0.25, 0.3) is 0 Å². The lowest BCUT2D eigenvalue weighted by molar-refractivity contribution is 0.0532. The minimum Gasteiger partial charge on any atom is -0.496 e. The Hall–Kier alpha value is -1.50. The minimum atomic E-state index is 0.304. The highest BCUT2D eigenvalue weighted by Crippen LogP contribution is 2.22. The molecular formula is C20H33ClN4O2. The number of guanidine groups is 1. The van der Waals surface area contributed by atoms with Crippen molar-refractivity contribution in [3.63, 3.8) is 0 Å². The van der Waals surface area contributed by atoms with E-state index in [1.807, 2.05) is 18.2 Å². The van der Waals surface area contributed by atoms with Crippen molar-refractivity contribution in [3.05, 3.63) is 28.8 Å². The van der Waals surface area contributed by atoms with Crippen molar-refractivity contribution in [2.75, 3.05) is 40.4 Å². The first-order valence-corrected chi connectivity index (χ1v) is 10.0. The Bertz CT molecular complexity index is 602. The average Bonchev–Trinajstić information content (AvgIpc) is 2.66. The van der Waals surface area contributed by atoms with E-state index >= 15 is 0 Å². The van der Waals surface area contributed by atoms with Gasteiger partial charge in [-0.25, -0.2) is 0 Å². The van der Waals surface area contributed by atoms with Crippen LogP contribution in [0.2, 0.25) is 5.02 Å². The number of aliphatic imine (C=N–C) groups is 1. The van der Waals surface area contributed by atoms with Crippen molar-refractivity contribution in [3.8, 4) is 5.75 Å². The van der Waals surface area contributed by atoms with E-state index in [-0.39, 0.29) is 0 Å². The van der Waals surface area contributed by atoms with Gasteiger partial charge >= 0.3 is 0 Å². The summed E-state index contributed by atoms with van der Waals surface area (Å²) in [6.45, 7) is 8.77. The summed E-state index contributed by atoms with van der Waals surface area (Å²) in [5.41, 5.74) is 1.05. The van der Waals surface area contributed by atoms with E-state index in [4.69, 9.17) is 21.1 Å². The third-order valence-corrected chi connectivity index (χ3v) is 4.94. The van der Waals surface area contributed by atoms with Crippen LogP contribution < -0.4 is 15.4 Å². The fourth-order valence-corrected chi connectivity index (χ4v) is 3.31. The van der Waals surface area contributed by atoms with Crippen LogP contribution in [0.4, 0.5) is 0 Å². The third kappa shape index (κ3) is 7.56. The highest BCUT2D eigenvalue weighted by atomic mass is 35.5. The summed E-state index contributed by atoms with van der Waals surface area (Å²) in [4.78, 5) is 6.82. The molecule has 0 saturated carbocycles. The van der Waals surface area contributed by atoms with Crippen molar-refractivity contribution < 1.29 is 9.47 Å². The number of methoxy groups -OCH3 is 1. The van der Waals surface area contributed by atoms with Crippen LogP contribution in [0.3, 0.4) is 0 Å². The molecule has 1 aliphatic rings. The number of piperidine rings is 1. The summed E-state index contributed by atoms with van der Waals surface area (Å²) in [5.74, 6) is 1.59. The number of hydrogen-bond acceptors (Lipinski definition) is 4. The van der Waals surface area contributed by atoms with Gasteiger partial charge in [0.05, 0.1) is 19.8 Å². The monoisotopic (exact) mass is 396 g/mol. The highest BCUT2D eigenvalue weighted by Gasteiger charge is 2.20. The second-order valence-electron chi connectivity index (χ2n) is 7.06. The molecule has 1 saturated heterocycles. The molecule has 2 N–H and O–H groups in total. The number of ether oxygens (including phenoxy) is 2. The van der Waals surface area contributed by atoms with Crippen LogP contribution in [-0.4, -0.2) is 63.4 Å². The molecule has 152 valence electrons. The number of benzene rings is 1. The zero-order chi connectivity index (χ0) is 19.6. The molecule has 0 spiro atoms.